The molecule has 0 aliphatic heterocycles. The van der Waals surface area contributed by atoms with Gasteiger partial charge in [0, 0.05) is 13.6 Å². The summed E-state index contributed by atoms with van der Waals surface area (Å²) in [5.74, 6) is -0.823. The molecule has 0 saturated heterocycles. The van der Waals surface area contributed by atoms with Crippen molar-refractivity contribution in [1.82, 2.24) is 10.2 Å². The summed E-state index contributed by atoms with van der Waals surface area (Å²) < 4.78 is 73.8. The molecular weight excluding hydrogens is 571 g/mol. The summed E-state index contributed by atoms with van der Waals surface area (Å²) >= 11 is 6.22. The first kappa shape index (κ1) is 30.8. The number of anilines is 1. The zero-order valence-electron chi connectivity index (χ0n) is 21.8. The van der Waals surface area contributed by atoms with Gasteiger partial charge in [0.1, 0.15) is 18.3 Å². The van der Waals surface area contributed by atoms with Gasteiger partial charge in [0.2, 0.25) is 11.8 Å². The van der Waals surface area contributed by atoms with Crippen LogP contribution >= 0.6 is 11.6 Å². The van der Waals surface area contributed by atoms with Crippen LogP contribution in [0.25, 0.3) is 0 Å². The Morgan fingerprint density at radius 3 is 2.20 bits per heavy atom. The maximum Gasteiger partial charge on any atom is 0.416 e. The van der Waals surface area contributed by atoms with Crippen LogP contribution in [0.1, 0.15) is 18.1 Å². The molecule has 0 spiro atoms. The van der Waals surface area contributed by atoms with Gasteiger partial charge >= 0.3 is 6.18 Å². The monoisotopic (exact) mass is 597 g/mol. The van der Waals surface area contributed by atoms with Crippen molar-refractivity contribution < 1.29 is 35.9 Å². The van der Waals surface area contributed by atoms with Gasteiger partial charge in [-0.05, 0) is 55.0 Å². The summed E-state index contributed by atoms with van der Waals surface area (Å²) in [7, 11) is -1.72. The molecule has 0 bridgehead atoms. The van der Waals surface area contributed by atoms with Crippen LogP contribution in [0.5, 0.6) is 5.75 Å². The van der Waals surface area contributed by atoms with Crippen molar-refractivity contribution in [2.24, 2.45) is 0 Å². The van der Waals surface area contributed by atoms with Crippen molar-refractivity contribution in [3.63, 3.8) is 0 Å². The first-order valence-corrected chi connectivity index (χ1v) is 13.7. The molecule has 8 nitrogen and oxygen atoms in total. The number of carbonyl (C=O) groups excluding carboxylic acids is 2. The Bertz CT molecular complexity index is 1450. The van der Waals surface area contributed by atoms with Crippen LogP contribution in [0.2, 0.25) is 5.02 Å². The van der Waals surface area contributed by atoms with Crippen LogP contribution in [0.4, 0.5) is 18.9 Å². The Hall–Kier alpha value is -3.77. The average Bonchev–Trinajstić information content (AvgIpc) is 2.94. The van der Waals surface area contributed by atoms with Gasteiger partial charge in [0.15, 0.2) is 0 Å². The number of nitrogens with zero attached hydrogens (tertiary/aromatic N) is 2. The SMILES string of the molecule is CNC(=O)C(C)N(Cc1ccc(OC)cc1)C(=O)CN(c1cc(C(F)(F)F)ccc1Cl)S(=O)(=O)c1ccccc1. The van der Waals surface area contributed by atoms with Crippen LogP contribution in [0, 0.1) is 0 Å². The lowest BCUT2D eigenvalue weighted by molar-refractivity contribution is -0.139. The lowest BCUT2D eigenvalue weighted by Crippen LogP contribution is -2.50. The molecule has 1 unspecified atom stereocenters. The number of benzene rings is 3. The lowest BCUT2D eigenvalue weighted by atomic mass is 10.1. The molecule has 214 valence electrons. The maximum absolute atomic E-state index is 13.7. The second kappa shape index (κ2) is 12.6. The van der Waals surface area contributed by atoms with Crippen molar-refractivity contribution in [1.29, 1.82) is 0 Å². The predicted octanol–water partition coefficient (Wildman–Crippen LogP) is 4.73. The highest BCUT2D eigenvalue weighted by Gasteiger charge is 2.36. The molecule has 0 aliphatic carbocycles. The molecule has 0 heterocycles. The summed E-state index contributed by atoms with van der Waals surface area (Å²) in [6, 6.07) is 14.7. The smallest absolute Gasteiger partial charge is 0.416 e. The first-order chi connectivity index (χ1) is 18.8. The predicted molar refractivity (Wildman–Crippen MR) is 145 cm³/mol. The van der Waals surface area contributed by atoms with E-state index in [1.165, 1.54) is 45.3 Å². The molecule has 1 atom stereocenters. The van der Waals surface area contributed by atoms with E-state index in [-0.39, 0.29) is 16.5 Å². The average molecular weight is 598 g/mol. The third kappa shape index (κ3) is 7.05. The minimum Gasteiger partial charge on any atom is -0.497 e. The number of rotatable bonds is 10. The van der Waals surface area contributed by atoms with Crippen LogP contribution in [-0.2, 0) is 32.3 Å². The number of likely N-dealkylation sites (N-methyl/N-ethyl adjacent to an activating group) is 1. The Labute approximate surface area is 235 Å². The van der Waals surface area contributed by atoms with Crippen LogP contribution in [0.15, 0.2) is 77.7 Å². The number of alkyl halides is 3. The van der Waals surface area contributed by atoms with E-state index in [4.69, 9.17) is 16.3 Å². The van der Waals surface area contributed by atoms with E-state index in [1.54, 1.807) is 30.3 Å². The van der Waals surface area contributed by atoms with Gasteiger partial charge < -0.3 is 15.0 Å². The summed E-state index contributed by atoms with van der Waals surface area (Å²) in [5.41, 5.74) is -1.09. The normalized spacial score (nSPS) is 12.4. The second-order valence-electron chi connectivity index (χ2n) is 8.65. The van der Waals surface area contributed by atoms with Gasteiger partial charge in [-0.25, -0.2) is 8.42 Å². The van der Waals surface area contributed by atoms with Crippen LogP contribution in [-0.4, -0.2) is 51.9 Å². The zero-order chi connectivity index (χ0) is 29.7. The molecule has 3 aromatic carbocycles. The number of ether oxygens (including phenoxy) is 1. The quantitative estimate of drug-likeness (QED) is 0.365. The van der Waals surface area contributed by atoms with Gasteiger partial charge in [-0.2, -0.15) is 13.2 Å². The fourth-order valence-electron chi connectivity index (χ4n) is 3.83. The number of hydrogen-bond donors (Lipinski definition) is 1. The molecular formula is C27H27ClF3N3O5S. The fraction of sp³-hybridized carbons (Fsp3) is 0.259. The van der Waals surface area contributed by atoms with Crippen LogP contribution < -0.4 is 14.4 Å². The third-order valence-electron chi connectivity index (χ3n) is 6.08. The van der Waals surface area contributed by atoms with E-state index >= 15 is 0 Å². The summed E-state index contributed by atoms with van der Waals surface area (Å²) in [6.45, 7) is 0.413. The third-order valence-corrected chi connectivity index (χ3v) is 8.17. The number of nitrogens with one attached hydrogen (secondary N) is 1. The maximum atomic E-state index is 13.7. The van der Waals surface area contributed by atoms with E-state index in [2.05, 4.69) is 5.32 Å². The molecule has 0 fully saturated rings. The van der Waals surface area contributed by atoms with E-state index in [0.717, 1.165) is 11.0 Å². The molecule has 0 aromatic heterocycles. The van der Waals surface area contributed by atoms with Crippen molar-refractivity contribution in [3.8, 4) is 5.75 Å². The number of carbonyl (C=O) groups is 2. The largest absolute Gasteiger partial charge is 0.497 e. The standard InChI is InChI=1S/C27H27ClF3N3O5S/c1-18(26(36)32-2)33(16-19-9-12-21(39-3)13-10-19)25(35)17-34(40(37,38)22-7-5-4-6-8-22)24-15-20(27(29,30)31)11-14-23(24)28/h4-15,18H,16-17H2,1-3H3,(H,32,36). The molecule has 1 N–H and O–H groups in total. The zero-order valence-corrected chi connectivity index (χ0v) is 23.3. The topological polar surface area (TPSA) is 96.0 Å². The van der Waals surface area contributed by atoms with Gasteiger partial charge in [-0.3, -0.25) is 13.9 Å². The Balaban J connectivity index is 2.11. The van der Waals surface area contributed by atoms with Gasteiger partial charge in [0.05, 0.1) is 28.3 Å². The number of halogens is 4. The van der Waals surface area contributed by atoms with Crippen molar-refractivity contribution >= 4 is 39.1 Å². The van der Waals surface area contributed by atoms with Gasteiger partial charge in [-0.1, -0.05) is 41.9 Å². The number of sulfonamides is 1. The fourth-order valence-corrected chi connectivity index (χ4v) is 5.55. The lowest BCUT2D eigenvalue weighted by Gasteiger charge is -2.32. The Morgan fingerprint density at radius 1 is 1.02 bits per heavy atom. The van der Waals surface area contributed by atoms with Crippen LogP contribution in [0.3, 0.4) is 0 Å². The highest BCUT2D eigenvalue weighted by molar-refractivity contribution is 7.92. The summed E-state index contributed by atoms with van der Waals surface area (Å²) in [4.78, 5) is 27.1. The van der Waals surface area contributed by atoms with E-state index < -0.39 is 51.9 Å². The second-order valence-corrected chi connectivity index (χ2v) is 10.9. The summed E-state index contributed by atoms with van der Waals surface area (Å²) in [6.07, 6.45) is -4.81. The highest BCUT2D eigenvalue weighted by atomic mass is 35.5. The minimum atomic E-state index is -4.81. The van der Waals surface area contributed by atoms with Gasteiger partial charge in [0.25, 0.3) is 10.0 Å². The highest BCUT2D eigenvalue weighted by Crippen LogP contribution is 2.37. The molecule has 13 heteroatoms. The van der Waals surface area contributed by atoms with E-state index in [9.17, 15) is 31.2 Å². The summed E-state index contributed by atoms with van der Waals surface area (Å²) in [5, 5.41) is 2.13. The number of hydrogen-bond acceptors (Lipinski definition) is 5. The van der Waals surface area contributed by atoms with Crippen molar-refractivity contribution in [2.75, 3.05) is 25.0 Å². The molecule has 0 saturated carbocycles. The van der Waals surface area contributed by atoms with E-state index in [0.29, 0.717) is 27.8 Å². The minimum absolute atomic E-state index is 0.104. The van der Waals surface area contributed by atoms with E-state index in [1.807, 2.05) is 0 Å². The molecule has 3 rings (SSSR count). The molecule has 3 aromatic rings. The Morgan fingerprint density at radius 2 is 1.65 bits per heavy atom. The first-order valence-electron chi connectivity index (χ1n) is 11.9. The number of amides is 2. The van der Waals surface area contributed by atoms with Crippen molar-refractivity contribution in [3.05, 3.63) is 88.9 Å². The van der Waals surface area contributed by atoms with Crippen molar-refractivity contribution in [2.45, 2.75) is 30.6 Å². The number of methoxy groups -OCH3 is 1. The van der Waals surface area contributed by atoms with Gasteiger partial charge in [-0.15, -0.1) is 0 Å². The molecule has 40 heavy (non-hydrogen) atoms. The molecule has 0 radical (unpaired) electrons. The molecule has 0 aliphatic rings. The Kier molecular flexibility index (Phi) is 9.69. The molecule has 2 amide bonds.